The molecule has 2 rings (SSSR count). The summed E-state index contributed by atoms with van der Waals surface area (Å²) in [4.78, 5) is 20.2. The number of hydrogen-bond donors (Lipinski definition) is 3. The van der Waals surface area contributed by atoms with Gasteiger partial charge in [-0.1, -0.05) is 30.7 Å². The molecule has 0 bridgehead atoms. The van der Waals surface area contributed by atoms with Gasteiger partial charge in [-0.05, 0) is 17.7 Å². The molecule has 3 N–H and O–H groups in total. The zero-order valence-electron chi connectivity index (χ0n) is 12.1. The van der Waals surface area contributed by atoms with E-state index >= 15 is 0 Å². The first-order valence-corrected chi connectivity index (χ1v) is 7.25. The van der Waals surface area contributed by atoms with E-state index in [1.54, 1.807) is 36.7 Å². The van der Waals surface area contributed by atoms with Gasteiger partial charge in [0.15, 0.2) is 0 Å². The summed E-state index contributed by atoms with van der Waals surface area (Å²) in [7, 11) is 0. The number of amides is 2. The van der Waals surface area contributed by atoms with Crippen molar-refractivity contribution in [1.82, 2.24) is 15.3 Å². The van der Waals surface area contributed by atoms with Crippen LogP contribution in [0, 0.1) is 0 Å². The normalized spacial score (nSPS) is 11.8. The third-order valence-electron chi connectivity index (χ3n) is 3.04. The third-order valence-corrected chi connectivity index (χ3v) is 3.29. The number of aliphatic hydroxyl groups is 1. The minimum absolute atomic E-state index is 0.222. The molecule has 7 heteroatoms. The monoisotopic (exact) mass is 320 g/mol. The second kappa shape index (κ2) is 7.72. The van der Waals surface area contributed by atoms with Crippen LogP contribution in [0.25, 0.3) is 0 Å². The maximum atomic E-state index is 12.0. The van der Waals surface area contributed by atoms with Crippen LogP contribution in [0.1, 0.15) is 24.4 Å². The van der Waals surface area contributed by atoms with Crippen molar-refractivity contribution in [2.45, 2.75) is 19.4 Å². The molecule has 1 unspecified atom stereocenters. The summed E-state index contributed by atoms with van der Waals surface area (Å²) < 4.78 is 0. The molecular formula is C15H17ClN4O2. The molecule has 0 aliphatic rings. The zero-order chi connectivity index (χ0) is 15.9. The van der Waals surface area contributed by atoms with E-state index in [-0.39, 0.29) is 6.61 Å². The Morgan fingerprint density at radius 2 is 1.91 bits per heavy atom. The van der Waals surface area contributed by atoms with Crippen molar-refractivity contribution >= 4 is 23.3 Å². The number of aliphatic hydroxyl groups excluding tert-OH is 1. The molecule has 0 saturated heterocycles. The molecule has 0 saturated carbocycles. The highest BCUT2D eigenvalue weighted by molar-refractivity contribution is 6.30. The standard InChI is InChI=1S/C15H17ClN4O2/c1-2-14-17-7-12(8-18-14)19-15(22)20-13(9-21)10-3-5-11(16)6-4-10/h3-8,13,21H,2,9H2,1H3,(H2,19,20,22). The van der Waals surface area contributed by atoms with Gasteiger partial charge in [0, 0.05) is 11.4 Å². The summed E-state index contributed by atoms with van der Waals surface area (Å²) in [5, 5.41) is 15.3. The lowest BCUT2D eigenvalue weighted by atomic mass is 10.1. The number of nitrogens with zero attached hydrogens (tertiary/aromatic N) is 2. The van der Waals surface area contributed by atoms with E-state index in [0.717, 1.165) is 12.0 Å². The third kappa shape index (κ3) is 4.41. The number of halogens is 1. The van der Waals surface area contributed by atoms with Gasteiger partial charge in [0.1, 0.15) is 5.82 Å². The fourth-order valence-electron chi connectivity index (χ4n) is 1.86. The van der Waals surface area contributed by atoms with Gasteiger partial charge in [-0.2, -0.15) is 0 Å². The van der Waals surface area contributed by atoms with Crippen LogP contribution in [0.15, 0.2) is 36.7 Å². The Morgan fingerprint density at radius 1 is 1.27 bits per heavy atom. The molecule has 0 fully saturated rings. The highest BCUT2D eigenvalue weighted by atomic mass is 35.5. The number of nitrogens with one attached hydrogen (secondary N) is 2. The fourth-order valence-corrected chi connectivity index (χ4v) is 1.98. The maximum Gasteiger partial charge on any atom is 0.319 e. The number of benzene rings is 1. The maximum absolute atomic E-state index is 12.0. The number of hydrogen-bond acceptors (Lipinski definition) is 4. The predicted octanol–water partition coefficient (Wildman–Crippen LogP) is 2.55. The Kier molecular flexibility index (Phi) is 5.68. The van der Waals surface area contributed by atoms with E-state index in [1.165, 1.54) is 0 Å². The Hall–Kier alpha value is -2.18. The van der Waals surface area contributed by atoms with Crippen LogP contribution in [0.2, 0.25) is 5.02 Å². The average molecular weight is 321 g/mol. The molecular weight excluding hydrogens is 304 g/mol. The van der Waals surface area contributed by atoms with Crippen LogP contribution in [-0.2, 0) is 6.42 Å². The minimum atomic E-state index is -0.520. The molecule has 116 valence electrons. The van der Waals surface area contributed by atoms with Crippen molar-refractivity contribution in [3.05, 3.63) is 53.1 Å². The van der Waals surface area contributed by atoms with Gasteiger partial charge in [-0.3, -0.25) is 0 Å². The van der Waals surface area contributed by atoms with Crippen LogP contribution in [0.3, 0.4) is 0 Å². The van der Waals surface area contributed by atoms with Gasteiger partial charge in [0.2, 0.25) is 0 Å². The van der Waals surface area contributed by atoms with Crippen molar-refractivity contribution in [2.75, 3.05) is 11.9 Å². The number of carbonyl (C=O) groups excluding carboxylic acids is 1. The van der Waals surface area contributed by atoms with Crippen LogP contribution in [0.4, 0.5) is 10.5 Å². The number of anilines is 1. The van der Waals surface area contributed by atoms with Gasteiger partial charge in [-0.25, -0.2) is 14.8 Å². The van der Waals surface area contributed by atoms with E-state index in [0.29, 0.717) is 16.5 Å². The van der Waals surface area contributed by atoms with E-state index in [2.05, 4.69) is 20.6 Å². The highest BCUT2D eigenvalue weighted by Gasteiger charge is 2.13. The van der Waals surface area contributed by atoms with E-state index in [1.807, 2.05) is 6.92 Å². The fraction of sp³-hybridized carbons (Fsp3) is 0.267. The first kappa shape index (κ1) is 16.2. The first-order valence-electron chi connectivity index (χ1n) is 6.87. The van der Waals surface area contributed by atoms with Gasteiger partial charge >= 0.3 is 6.03 Å². The molecule has 2 amide bonds. The lowest BCUT2D eigenvalue weighted by molar-refractivity contribution is 0.225. The van der Waals surface area contributed by atoms with Crippen LogP contribution < -0.4 is 10.6 Å². The summed E-state index contributed by atoms with van der Waals surface area (Å²) >= 11 is 5.82. The molecule has 0 aliphatic heterocycles. The van der Waals surface area contributed by atoms with Crippen LogP contribution in [-0.4, -0.2) is 27.7 Å². The SMILES string of the molecule is CCc1ncc(NC(=O)NC(CO)c2ccc(Cl)cc2)cn1. The average Bonchev–Trinajstić information content (AvgIpc) is 2.54. The minimum Gasteiger partial charge on any atom is -0.394 e. The molecule has 0 radical (unpaired) electrons. The van der Waals surface area contributed by atoms with Crippen molar-refractivity contribution in [1.29, 1.82) is 0 Å². The molecule has 22 heavy (non-hydrogen) atoms. The molecule has 0 spiro atoms. The summed E-state index contributed by atoms with van der Waals surface area (Å²) in [6, 6.07) is 5.95. The first-order chi connectivity index (χ1) is 10.6. The Bertz CT molecular complexity index is 616. The van der Waals surface area contributed by atoms with Crippen molar-refractivity contribution in [3.63, 3.8) is 0 Å². The number of rotatable bonds is 5. The molecule has 1 heterocycles. The van der Waals surface area contributed by atoms with Crippen molar-refractivity contribution in [2.24, 2.45) is 0 Å². The highest BCUT2D eigenvalue weighted by Crippen LogP contribution is 2.16. The zero-order valence-corrected chi connectivity index (χ0v) is 12.8. The Balaban J connectivity index is 1.98. The summed E-state index contributed by atoms with van der Waals surface area (Å²) in [6.45, 7) is 1.73. The van der Waals surface area contributed by atoms with Gasteiger partial charge in [0.05, 0.1) is 30.7 Å². The van der Waals surface area contributed by atoms with E-state index in [4.69, 9.17) is 11.6 Å². The molecule has 1 aromatic heterocycles. The number of aryl methyl sites for hydroxylation is 1. The van der Waals surface area contributed by atoms with Crippen LogP contribution in [0.5, 0.6) is 0 Å². The lowest BCUT2D eigenvalue weighted by Gasteiger charge is -2.17. The van der Waals surface area contributed by atoms with Gasteiger partial charge in [-0.15, -0.1) is 0 Å². The quantitative estimate of drug-likeness (QED) is 0.790. The number of carbonyl (C=O) groups is 1. The molecule has 6 nitrogen and oxygen atoms in total. The second-order valence-electron chi connectivity index (χ2n) is 4.63. The van der Waals surface area contributed by atoms with Gasteiger partial charge in [0.25, 0.3) is 0 Å². The van der Waals surface area contributed by atoms with E-state index in [9.17, 15) is 9.90 Å². The summed E-state index contributed by atoms with van der Waals surface area (Å²) in [5.41, 5.74) is 1.25. The Labute approximate surface area is 133 Å². The predicted molar refractivity (Wildman–Crippen MR) is 84.8 cm³/mol. The smallest absolute Gasteiger partial charge is 0.319 e. The molecule has 0 aliphatic carbocycles. The van der Waals surface area contributed by atoms with Crippen LogP contribution >= 0.6 is 11.6 Å². The summed E-state index contributed by atoms with van der Waals surface area (Å²) in [5.74, 6) is 0.709. The topological polar surface area (TPSA) is 87.1 Å². The number of aromatic nitrogens is 2. The lowest BCUT2D eigenvalue weighted by Crippen LogP contribution is -2.34. The van der Waals surface area contributed by atoms with E-state index < -0.39 is 12.1 Å². The van der Waals surface area contributed by atoms with Crippen molar-refractivity contribution in [3.8, 4) is 0 Å². The number of urea groups is 1. The summed E-state index contributed by atoms with van der Waals surface area (Å²) in [6.07, 6.45) is 3.82. The van der Waals surface area contributed by atoms with Gasteiger partial charge < -0.3 is 15.7 Å². The molecule has 2 aromatic rings. The Morgan fingerprint density at radius 3 is 2.45 bits per heavy atom. The molecule has 1 aromatic carbocycles. The van der Waals surface area contributed by atoms with Crippen molar-refractivity contribution < 1.29 is 9.90 Å². The second-order valence-corrected chi connectivity index (χ2v) is 5.06. The molecule has 1 atom stereocenters. The largest absolute Gasteiger partial charge is 0.394 e.